The third kappa shape index (κ3) is 4.53. The topological polar surface area (TPSA) is 51.2 Å². The number of aromatic nitrogens is 1. The fourth-order valence-electron chi connectivity index (χ4n) is 1.72. The smallest absolute Gasteiger partial charge is 0.258 e. The molecule has 0 fully saturated rings. The molecule has 0 unspecified atom stereocenters. The minimum absolute atomic E-state index is 0.151. The van der Waals surface area contributed by atoms with Crippen molar-refractivity contribution in [3.63, 3.8) is 0 Å². The Bertz CT molecular complexity index is 622. The zero-order chi connectivity index (χ0) is 15.2. The molecule has 6 heteroatoms. The number of nitrogens with one attached hydrogen (secondary N) is 1. The number of nitrogens with zero attached hydrogens (tertiary/aromatic N) is 1. The Kier molecular flexibility index (Phi) is 5.27. The fourth-order valence-corrected chi connectivity index (χ4v) is 2.19. The Balaban J connectivity index is 1.87. The van der Waals surface area contributed by atoms with E-state index in [4.69, 9.17) is 4.74 Å². The predicted octanol–water partition coefficient (Wildman–Crippen LogP) is 3.24. The summed E-state index contributed by atoms with van der Waals surface area (Å²) in [6.45, 7) is 1.69. The molecule has 0 saturated carbocycles. The largest absolute Gasteiger partial charge is 0.483 e. The van der Waals surface area contributed by atoms with E-state index in [0.717, 1.165) is 5.69 Å². The highest BCUT2D eigenvalue weighted by molar-refractivity contribution is 9.10. The molecule has 1 aromatic heterocycles. The average Bonchev–Trinajstić information content (AvgIpc) is 2.47. The first kappa shape index (κ1) is 15.4. The Morgan fingerprint density at radius 1 is 1.43 bits per heavy atom. The second-order valence-corrected chi connectivity index (χ2v) is 5.26. The average molecular weight is 353 g/mol. The van der Waals surface area contributed by atoms with Crippen LogP contribution < -0.4 is 10.1 Å². The van der Waals surface area contributed by atoms with E-state index < -0.39 is 0 Å². The van der Waals surface area contributed by atoms with Gasteiger partial charge in [-0.15, -0.1) is 0 Å². The first-order valence-corrected chi connectivity index (χ1v) is 7.13. The first-order valence-electron chi connectivity index (χ1n) is 6.34. The van der Waals surface area contributed by atoms with Crippen LogP contribution in [0.4, 0.5) is 4.39 Å². The van der Waals surface area contributed by atoms with Crippen LogP contribution in [0, 0.1) is 5.82 Å². The molecule has 1 N–H and O–H groups in total. The van der Waals surface area contributed by atoms with Gasteiger partial charge >= 0.3 is 0 Å². The Morgan fingerprint density at radius 2 is 2.24 bits per heavy atom. The normalized spacial score (nSPS) is 11.8. The Hall–Kier alpha value is -1.95. The van der Waals surface area contributed by atoms with Crippen LogP contribution >= 0.6 is 15.9 Å². The van der Waals surface area contributed by atoms with E-state index in [-0.39, 0.29) is 24.4 Å². The maximum atomic E-state index is 12.9. The lowest BCUT2D eigenvalue weighted by atomic mass is 10.2. The van der Waals surface area contributed by atoms with Gasteiger partial charge in [0.25, 0.3) is 5.91 Å². The molecule has 0 spiro atoms. The van der Waals surface area contributed by atoms with E-state index in [9.17, 15) is 9.18 Å². The van der Waals surface area contributed by atoms with Crippen molar-refractivity contribution in [3.8, 4) is 5.75 Å². The van der Waals surface area contributed by atoms with Crippen LogP contribution in [0.15, 0.2) is 47.1 Å². The SMILES string of the molecule is C[C@@H](NC(=O)COc1ccc(F)cc1Br)c1ccccn1. The lowest BCUT2D eigenvalue weighted by Crippen LogP contribution is -2.31. The summed E-state index contributed by atoms with van der Waals surface area (Å²) in [4.78, 5) is 16.0. The number of pyridine rings is 1. The van der Waals surface area contributed by atoms with Gasteiger partial charge in [-0.05, 0) is 53.2 Å². The molecule has 2 aromatic rings. The monoisotopic (exact) mass is 352 g/mol. The van der Waals surface area contributed by atoms with Gasteiger partial charge in [-0.3, -0.25) is 9.78 Å². The quantitative estimate of drug-likeness (QED) is 0.898. The number of hydrogen-bond acceptors (Lipinski definition) is 3. The molecule has 1 amide bonds. The molecular formula is C15H14BrFN2O2. The standard InChI is InChI=1S/C15H14BrFN2O2/c1-10(13-4-2-3-7-18-13)19-15(20)9-21-14-6-5-11(17)8-12(14)16/h2-8,10H,9H2,1H3,(H,19,20)/t10-/m1/s1. The molecule has 2 rings (SSSR count). The Morgan fingerprint density at radius 3 is 2.90 bits per heavy atom. The summed E-state index contributed by atoms with van der Waals surface area (Å²) in [5.74, 6) is -0.233. The van der Waals surface area contributed by atoms with Crippen molar-refractivity contribution in [1.29, 1.82) is 0 Å². The molecule has 4 nitrogen and oxygen atoms in total. The highest BCUT2D eigenvalue weighted by Gasteiger charge is 2.11. The van der Waals surface area contributed by atoms with Crippen molar-refractivity contribution in [2.75, 3.05) is 6.61 Å². The summed E-state index contributed by atoms with van der Waals surface area (Å²) in [5, 5.41) is 2.78. The molecular weight excluding hydrogens is 339 g/mol. The number of carbonyl (C=O) groups excluding carboxylic acids is 1. The number of benzene rings is 1. The molecule has 21 heavy (non-hydrogen) atoms. The number of rotatable bonds is 5. The third-order valence-electron chi connectivity index (χ3n) is 2.76. The predicted molar refractivity (Wildman–Crippen MR) is 80.4 cm³/mol. The van der Waals surface area contributed by atoms with Crippen molar-refractivity contribution in [2.45, 2.75) is 13.0 Å². The summed E-state index contributed by atoms with van der Waals surface area (Å²) in [6, 6.07) is 9.32. The van der Waals surface area contributed by atoms with Gasteiger partial charge < -0.3 is 10.1 Å². The van der Waals surface area contributed by atoms with E-state index in [2.05, 4.69) is 26.2 Å². The maximum absolute atomic E-state index is 12.9. The van der Waals surface area contributed by atoms with Gasteiger partial charge in [0.1, 0.15) is 11.6 Å². The van der Waals surface area contributed by atoms with Crippen molar-refractivity contribution in [1.82, 2.24) is 10.3 Å². The number of ether oxygens (including phenoxy) is 1. The van der Waals surface area contributed by atoms with Crippen LogP contribution in [-0.2, 0) is 4.79 Å². The van der Waals surface area contributed by atoms with E-state index in [1.807, 2.05) is 25.1 Å². The zero-order valence-corrected chi connectivity index (χ0v) is 12.9. The van der Waals surface area contributed by atoms with E-state index in [1.165, 1.54) is 18.2 Å². The van der Waals surface area contributed by atoms with Gasteiger partial charge in [0.15, 0.2) is 6.61 Å². The van der Waals surface area contributed by atoms with Crippen molar-refractivity contribution >= 4 is 21.8 Å². The molecule has 1 heterocycles. The number of hydrogen-bond donors (Lipinski definition) is 1. The minimum Gasteiger partial charge on any atom is -0.483 e. The number of amides is 1. The molecule has 0 aliphatic carbocycles. The molecule has 0 saturated heterocycles. The minimum atomic E-state index is -0.373. The molecule has 0 radical (unpaired) electrons. The van der Waals surface area contributed by atoms with E-state index in [0.29, 0.717) is 10.2 Å². The van der Waals surface area contributed by atoms with Crippen LogP contribution in [0.3, 0.4) is 0 Å². The van der Waals surface area contributed by atoms with Gasteiger partial charge in [0.2, 0.25) is 0 Å². The molecule has 0 aliphatic heterocycles. The summed E-state index contributed by atoms with van der Waals surface area (Å²) < 4.78 is 18.7. The molecule has 0 aliphatic rings. The summed E-state index contributed by atoms with van der Waals surface area (Å²) >= 11 is 3.18. The van der Waals surface area contributed by atoms with Crippen LogP contribution in [0.2, 0.25) is 0 Å². The highest BCUT2D eigenvalue weighted by atomic mass is 79.9. The van der Waals surface area contributed by atoms with E-state index >= 15 is 0 Å². The van der Waals surface area contributed by atoms with Crippen LogP contribution in [-0.4, -0.2) is 17.5 Å². The van der Waals surface area contributed by atoms with Crippen LogP contribution in [0.25, 0.3) is 0 Å². The number of halogens is 2. The fraction of sp³-hybridized carbons (Fsp3) is 0.200. The summed E-state index contributed by atoms with van der Waals surface area (Å²) in [5.41, 5.74) is 0.772. The lowest BCUT2D eigenvalue weighted by molar-refractivity contribution is -0.123. The molecule has 0 bridgehead atoms. The zero-order valence-electron chi connectivity index (χ0n) is 11.3. The number of carbonyl (C=O) groups is 1. The first-order chi connectivity index (χ1) is 10.1. The van der Waals surface area contributed by atoms with Crippen LogP contribution in [0.5, 0.6) is 5.75 Å². The Labute approximate surface area is 130 Å². The van der Waals surface area contributed by atoms with Crippen molar-refractivity contribution < 1.29 is 13.9 Å². The summed E-state index contributed by atoms with van der Waals surface area (Å²) in [6.07, 6.45) is 1.67. The van der Waals surface area contributed by atoms with Gasteiger partial charge in [-0.25, -0.2) is 4.39 Å². The van der Waals surface area contributed by atoms with Crippen LogP contribution in [0.1, 0.15) is 18.7 Å². The van der Waals surface area contributed by atoms with Gasteiger partial charge in [0.05, 0.1) is 16.2 Å². The van der Waals surface area contributed by atoms with Crippen molar-refractivity contribution in [3.05, 3.63) is 58.6 Å². The molecule has 1 aromatic carbocycles. The highest BCUT2D eigenvalue weighted by Crippen LogP contribution is 2.25. The van der Waals surface area contributed by atoms with Gasteiger partial charge in [-0.1, -0.05) is 6.07 Å². The van der Waals surface area contributed by atoms with Gasteiger partial charge in [-0.2, -0.15) is 0 Å². The summed E-state index contributed by atoms with van der Waals surface area (Å²) in [7, 11) is 0. The lowest BCUT2D eigenvalue weighted by Gasteiger charge is -2.14. The van der Waals surface area contributed by atoms with Crippen molar-refractivity contribution in [2.24, 2.45) is 0 Å². The maximum Gasteiger partial charge on any atom is 0.258 e. The molecule has 1 atom stereocenters. The second-order valence-electron chi connectivity index (χ2n) is 4.41. The molecule has 110 valence electrons. The van der Waals surface area contributed by atoms with Gasteiger partial charge in [0, 0.05) is 6.20 Å². The third-order valence-corrected chi connectivity index (χ3v) is 3.38. The second kappa shape index (κ2) is 7.17. The van der Waals surface area contributed by atoms with E-state index in [1.54, 1.807) is 6.20 Å².